The lowest BCUT2D eigenvalue weighted by molar-refractivity contribution is 0.520. The fourth-order valence-electron chi connectivity index (χ4n) is 0.329. The molecule has 1 atom stereocenters. The van der Waals surface area contributed by atoms with E-state index in [1.165, 1.54) is 0 Å². The minimum absolute atomic E-state index is 0.0471. The van der Waals surface area contributed by atoms with Crippen LogP contribution in [0.2, 0.25) is 0 Å². The smallest absolute Gasteiger partial charge is 0.203 e. The molecular formula is C2H3N4O2S2-. The van der Waals surface area contributed by atoms with Crippen LogP contribution in [0.3, 0.4) is 0 Å². The third-order valence-electron chi connectivity index (χ3n) is 0.652. The molecule has 56 valence electrons. The molecule has 0 aliphatic rings. The van der Waals surface area contributed by atoms with Crippen LogP contribution in [-0.2, 0) is 10.0 Å². The predicted molar refractivity (Wildman–Crippen MR) is 34.2 cm³/mol. The van der Waals surface area contributed by atoms with Gasteiger partial charge in [0, 0.05) is 10.0 Å². The molecule has 0 aromatic carbocycles. The van der Waals surface area contributed by atoms with Crippen LogP contribution in [0.15, 0.2) is 4.34 Å². The highest BCUT2D eigenvalue weighted by atomic mass is 32.3. The molecule has 0 saturated carbocycles. The minimum atomic E-state index is -3.97. The normalized spacial score (nSPS) is 16.5. The van der Waals surface area contributed by atoms with E-state index >= 15 is 0 Å². The number of hydrogen-bond donors (Lipinski definition) is 2. The summed E-state index contributed by atoms with van der Waals surface area (Å²) in [6, 6.07) is 0. The molecule has 1 heterocycles. The summed E-state index contributed by atoms with van der Waals surface area (Å²) >= 11 is 0.675. The Balaban J connectivity index is 3.21. The molecule has 1 aromatic rings. The number of nitrogen functional groups attached to an aromatic ring is 1. The maximum atomic E-state index is 10.4. The van der Waals surface area contributed by atoms with E-state index < -0.39 is 10.0 Å². The third kappa shape index (κ3) is 1.40. The molecule has 0 aliphatic carbocycles. The summed E-state index contributed by atoms with van der Waals surface area (Å²) in [5.74, 6) is 0. The Morgan fingerprint density at radius 1 is 1.70 bits per heavy atom. The van der Waals surface area contributed by atoms with E-state index in [1.807, 2.05) is 0 Å². The van der Waals surface area contributed by atoms with E-state index in [0.29, 0.717) is 11.3 Å². The van der Waals surface area contributed by atoms with Crippen LogP contribution in [0.25, 0.3) is 0 Å². The Labute approximate surface area is 60.9 Å². The van der Waals surface area contributed by atoms with Crippen LogP contribution in [0.1, 0.15) is 0 Å². The molecule has 0 bridgehead atoms. The van der Waals surface area contributed by atoms with Crippen molar-refractivity contribution in [3.05, 3.63) is 0 Å². The van der Waals surface area contributed by atoms with Crippen LogP contribution in [0.4, 0.5) is 5.13 Å². The first-order valence-corrected chi connectivity index (χ1v) is 4.39. The predicted octanol–water partition coefficient (Wildman–Crippen LogP) is -0.344. The van der Waals surface area contributed by atoms with E-state index in [2.05, 4.69) is 10.2 Å². The maximum Gasteiger partial charge on any atom is 0.203 e. The van der Waals surface area contributed by atoms with Crippen LogP contribution >= 0.6 is 11.3 Å². The van der Waals surface area contributed by atoms with Gasteiger partial charge in [-0.2, -0.15) is 0 Å². The highest BCUT2D eigenvalue weighted by molar-refractivity contribution is 7.88. The van der Waals surface area contributed by atoms with Gasteiger partial charge in [-0.15, -0.1) is 10.2 Å². The Kier molecular flexibility index (Phi) is 1.58. The molecule has 1 aromatic heterocycles. The van der Waals surface area contributed by atoms with Crippen molar-refractivity contribution in [3.63, 3.8) is 0 Å². The first-order valence-electron chi connectivity index (χ1n) is 2.09. The van der Waals surface area contributed by atoms with Crippen molar-refractivity contribution >= 4 is 26.5 Å². The Morgan fingerprint density at radius 2 is 2.30 bits per heavy atom. The molecule has 1 rings (SSSR count). The number of rotatable bonds is 1. The number of nitrogens with two attached hydrogens (primary N) is 1. The van der Waals surface area contributed by atoms with Gasteiger partial charge in [-0.25, -0.2) is 0 Å². The molecule has 0 aliphatic heterocycles. The average Bonchev–Trinajstić information content (AvgIpc) is 2.11. The fourth-order valence-corrected chi connectivity index (χ4v) is 1.51. The summed E-state index contributed by atoms with van der Waals surface area (Å²) in [6.07, 6.45) is 0. The van der Waals surface area contributed by atoms with Gasteiger partial charge in [0.25, 0.3) is 0 Å². The second-order valence-electron chi connectivity index (χ2n) is 1.41. The zero-order chi connectivity index (χ0) is 7.78. The van der Waals surface area contributed by atoms with Crippen LogP contribution < -0.4 is 5.73 Å². The summed E-state index contributed by atoms with van der Waals surface area (Å²) in [5, 5.41) is 6.43. The third-order valence-corrected chi connectivity index (χ3v) is 2.65. The number of nitrogens with zero attached hydrogens (tertiary/aromatic N) is 2. The topological polar surface area (TPSA) is 116 Å². The van der Waals surface area contributed by atoms with Crippen LogP contribution in [0.5, 0.6) is 0 Å². The first kappa shape index (κ1) is 7.38. The standard InChI is InChI=1S/C2H4N4O2S2/c3-1-5-6-2(9-1)10(4,7)8/h(H2,3,5)(H2,4,7,8)/p-1. The second kappa shape index (κ2) is 2.15. The molecule has 6 nitrogen and oxygen atoms in total. The Bertz CT molecular complexity index is 327. The van der Waals surface area contributed by atoms with Crippen molar-refractivity contribution in [2.45, 2.75) is 4.34 Å². The van der Waals surface area contributed by atoms with E-state index in [4.69, 9.17) is 10.5 Å². The van der Waals surface area contributed by atoms with Gasteiger partial charge in [-0.3, -0.25) is 8.99 Å². The quantitative estimate of drug-likeness (QED) is 0.611. The van der Waals surface area contributed by atoms with Gasteiger partial charge in [0.05, 0.1) is 0 Å². The number of hydrogen-bond acceptors (Lipinski definition) is 7. The van der Waals surface area contributed by atoms with Gasteiger partial charge < -0.3 is 10.3 Å². The fraction of sp³-hybridized carbons (Fsp3) is 0. The molecule has 0 fully saturated rings. The molecule has 0 spiro atoms. The van der Waals surface area contributed by atoms with Gasteiger partial charge >= 0.3 is 0 Å². The molecule has 1 unspecified atom stereocenters. The number of nitrogens with one attached hydrogen (secondary N) is 1. The van der Waals surface area contributed by atoms with Crippen LogP contribution in [-0.4, -0.2) is 19.0 Å². The molecule has 0 saturated heterocycles. The van der Waals surface area contributed by atoms with E-state index in [1.54, 1.807) is 0 Å². The van der Waals surface area contributed by atoms with Crippen molar-refractivity contribution in [2.24, 2.45) is 0 Å². The van der Waals surface area contributed by atoms with Gasteiger partial charge in [0.15, 0.2) is 0 Å². The molecule has 8 heteroatoms. The van der Waals surface area contributed by atoms with Crippen molar-refractivity contribution in [1.82, 2.24) is 10.2 Å². The summed E-state index contributed by atoms with van der Waals surface area (Å²) in [6.45, 7) is 0. The van der Waals surface area contributed by atoms with Gasteiger partial charge in [-0.05, 0) is 0 Å². The minimum Gasteiger partial charge on any atom is -0.759 e. The SMILES string of the molecule is N=S(=O)([O-])c1nnc(N)s1. The van der Waals surface area contributed by atoms with Crippen molar-refractivity contribution < 1.29 is 8.76 Å². The van der Waals surface area contributed by atoms with Gasteiger partial charge in [-0.1, -0.05) is 11.3 Å². The Hall–Kier alpha value is -0.730. The molecule has 0 radical (unpaired) electrons. The highest BCUT2D eigenvalue weighted by Crippen LogP contribution is 2.15. The monoisotopic (exact) mass is 179 g/mol. The molecule has 10 heavy (non-hydrogen) atoms. The van der Waals surface area contributed by atoms with Gasteiger partial charge in [0.2, 0.25) is 9.47 Å². The summed E-state index contributed by atoms with van der Waals surface area (Å²) in [5.41, 5.74) is 5.07. The molecular weight excluding hydrogens is 176 g/mol. The van der Waals surface area contributed by atoms with E-state index in [9.17, 15) is 8.76 Å². The summed E-state index contributed by atoms with van der Waals surface area (Å²) in [4.78, 5) is 0. The molecule has 3 N–H and O–H groups in total. The van der Waals surface area contributed by atoms with Crippen molar-refractivity contribution in [2.75, 3.05) is 5.73 Å². The van der Waals surface area contributed by atoms with E-state index in [-0.39, 0.29) is 9.47 Å². The largest absolute Gasteiger partial charge is 0.759 e. The highest BCUT2D eigenvalue weighted by Gasteiger charge is 2.03. The second-order valence-corrected chi connectivity index (χ2v) is 4.07. The summed E-state index contributed by atoms with van der Waals surface area (Å²) < 4.78 is 26.9. The van der Waals surface area contributed by atoms with Crippen LogP contribution in [0, 0.1) is 4.78 Å². The van der Waals surface area contributed by atoms with Crippen molar-refractivity contribution in [3.8, 4) is 0 Å². The Morgan fingerprint density at radius 3 is 2.50 bits per heavy atom. The zero-order valence-corrected chi connectivity index (χ0v) is 6.24. The molecule has 0 amide bonds. The number of anilines is 1. The maximum absolute atomic E-state index is 10.4. The number of aromatic nitrogens is 2. The average molecular weight is 179 g/mol. The summed E-state index contributed by atoms with van der Waals surface area (Å²) in [7, 11) is -3.97. The lowest BCUT2D eigenvalue weighted by Crippen LogP contribution is -1.94. The van der Waals surface area contributed by atoms with Gasteiger partial charge in [0.1, 0.15) is 0 Å². The first-order chi connectivity index (χ1) is 4.50. The van der Waals surface area contributed by atoms with Crippen molar-refractivity contribution in [1.29, 1.82) is 4.78 Å². The lowest BCUT2D eigenvalue weighted by atomic mass is 11.3. The van der Waals surface area contributed by atoms with E-state index in [0.717, 1.165) is 0 Å². The lowest BCUT2D eigenvalue weighted by Gasteiger charge is -2.02. The zero-order valence-electron chi connectivity index (χ0n) is 4.60.